The molecule has 1 atom stereocenters. The summed E-state index contributed by atoms with van der Waals surface area (Å²) in [5.74, 6) is 0. The second-order valence-corrected chi connectivity index (χ2v) is 2.30. The van der Waals surface area contributed by atoms with Gasteiger partial charge in [-0.3, -0.25) is 0 Å². The van der Waals surface area contributed by atoms with E-state index in [1.54, 1.807) is 0 Å². The third-order valence-electron chi connectivity index (χ3n) is 1.55. The highest BCUT2D eigenvalue weighted by atomic mass is 16.3. The maximum atomic E-state index is 9.25. The average molecular weight is 140 g/mol. The van der Waals surface area contributed by atoms with Crippen LogP contribution < -0.4 is 5.73 Å². The standard InChI is InChI=1S/C7H12N2O/c1-9-4-2-3-6(9)7(10)5-8/h2-4,7,10H,5,8H2,1H3. The van der Waals surface area contributed by atoms with E-state index in [9.17, 15) is 5.11 Å². The zero-order chi connectivity index (χ0) is 7.56. The van der Waals surface area contributed by atoms with Crippen molar-refractivity contribution in [2.75, 3.05) is 6.54 Å². The summed E-state index contributed by atoms with van der Waals surface area (Å²) < 4.78 is 1.86. The molecule has 0 aliphatic rings. The molecular weight excluding hydrogens is 128 g/mol. The maximum Gasteiger partial charge on any atom is 0.106 e. The van der Waals surface area contributed by atoms with Crippen molar-refractivity contribution >= 4 is 0 Å². The second kappa shape index (κ2) is 2.86. The van der Waals surface area contributed by atoms with E-state index in [0.29, 0.717) is 0 Å². The monoisotopic (exact) mass is 140 g/mol. The van der Waals surface area contributed by atoms with Gasteiger partial charge in [-0.1, -0.05) is 0 Å². The first-order chi connectivity index (χ1) is 4.75. The zero-order valence-electron chi connectivity index (χ0n) is 5.99. The van der Waals surface area contributed by atoms with Crippen molar-refractivity contribution < 1.29 is 5.11 Å². The molecule has 0 radical (unpaired) electrons. The molecule has 3 N–H and O–H groups in total. The fraction of sp³-hybridized carbons (Fsp3) is 0.429. The first-order valence-electron chi connectivity index (χ1n) is 3.25. The minimum Gasteiger partial charge on any atom is -0.386 e. The molecule has 3 nitrogen and oxygen atoms in total. The lowest BCUT2D eigenvalue weighted by Gasteiger charge is -2.07. The molecule has 0 saturated heterocycles. The van der Waals surface area contributed by atoms with Crippen molar-refractivity contribution in [1.29, 1.82) is 0 Å². The highest BCUT2D eigenvalue weighted by Crippen LogP contribution is 2.09. The molecule has 0 aliphatic heterocycles. The summed E-state index contributed by atoms with van der Waals surface area (Å²) in [5.41, 5.74) is 6.13. The first-order valence-corrected chi connectivity index (χ1v) is 3.25. The van der Waals surface area contributed by atoms with Gasteiger partial charge in [-0.15, -0.1) is 0 Å². The number of aliphatic hydroxyl groups excluding tert-OH is 1. The van der Waals surface area contributed by atoms with Crippen LogP contribution in [0.15, 0.2) is 18.3 Å². The van der Waals surface area contributed by atoms with Crippen LogP contribution in [0.5, 0.6) is 0 Å². The number of rotatable bonds is 2. The van der Waals surface area contributed by atoms with Crippen LogP contribution in [-0.4, -0.2) is 16.2 Å². The Morgan fingerprint density at radius 3 is 2.90 bits per heavy atom. The predicted molar refractivity (Wildman–Crippen MR) is 39.4 cm³/mol. The summed E-state index contributed by atoms with van der Waals surface area (Å²) in [6.45, 7) is 0.276. The van der Waals surface area contributed by atoms with Gasteiger partial charge in [0.05, 0.1) is 0 Å². The van der Waals surface area contributed by atoms with Crippen molar-refractivity contribution in [2.24, 2.45) is 12.8 Å². The van der Waals surface area contributed by atoms with Crippen molar-refractivity contribution in [3.05, 3.63) is 24.0 Å². The van der Waals surface area contributed by atoms with Gasteiger partial charge >= 0.3 is 0 Å². The van der Waals surface area contributed by atoms with Crippen LogP contribution in [0, 0.1) is 0 Å². The van der Waals surface area contributed by atoms with Crippen LogP contribution in [0.1, 0.15) is 11.8 Å². The Morgan fingerprint density at radius 1 is 1.80 bits per heavy atom. The summed E-state index contributed by atoms with van der Waals surface area (Å²) in [6.07, 6.45) is 1.36. The van der Waals surface area contributed by atoms with Gasteiger partial charge in [0, 0.05) is 25.5 Å². The van der Waals surface area contributed by atoms with Gasteiger partial charge in [-0.05, 0) is 12.1 Å². The molecule has 0 bridgehead atoms. The van der Waals surface area contributed by atoms with E-state index in [-0.39, 0.29) is 6.54 Å². The number of nitrogens with zero attached hydrogens (tertiary/aromatic N) is 1. The van der Waals surface area contributed by atoms with Gasteiger partial charge < -0.3 is 15.4 Å². The van der Waals surface area contributed by atoms with Crippen LogP contribution in [0.4, 0.5) is 0 Å². The number of aromatic nitrogens is 1. The van der Waals surface area contributed by atoms with Crippen LogP contribution in [0.25, 0.3) is 0 Å². The van der Waals surface area contributed by atoms with Gasteiger partial charge in [-0.25, -0.2) is 0 Å². The highest BCUT2D eigenvalue weighted by Gasteiger charge is 2.06. The van der Waals surface area contributed by atoms with Crippen molar-refractivity contribution in [1.82, 2.24) is 4.57 Å². The molecule has 1 aromatic rings. The number of aliphatic hydroxyl groups is 1. The van der Waals surface area contributed by atoms with Gasteiger partial charge in [-0.2, -0.15) is 0 Å². The predicted octanol–water partition coefficient (Wildman–Crippen LogP) is 0.0172. The molecule has 3 heteroatoms. The summed E-state index contributed by atoms with van der Waals surface area (Å²) in [4.78, 5) is 0. The van der Waals surface area contributed by atoms with Gasteiger partial charge in [0.15, 0.2) is 0 Å². The molecule has 56 valence electrons. The number of aryl methyl sites for hydroxylation is 1. The lowest BCUT2D eigenvalue weighted by molar-refractivity contribution is 0.178. The first kappa shape index (κ1) is 7.31. The van der Waals surface area contributed by atoms with E-state index >= 15 is 0 Å². The Morgan fingerprint density at radius 2 is 2.50 bits per heavy atom. The Balaban J connectivity index is 2.82. The molecule has 0 spiro atoms. The quantitative estimate of drug-likeness (QED) is 0.608. The Kier molecular flexibility index (Phi) is 2.09. The number of nitrogens with two attached hydrogens (primary N) is 1. The van der Waals surface area contributed by atoms with Gasteiger partial charge in [0.1, 0.15) is 6.10 Å². The molecule has 0 aliphatic carbocycles. The molecule has 1 unspecified atom stereocenters. The maximum absolute atomic E-state index is 9.25. The summed E-state index contributed by atoms with van der Waals surface area (Å²) in [5, 5.41) is 9.25. The third-order valence-corrected chi connectivity index (χ3v) is 1.55. The van der Waals surface area contributed by atoms with E-state index in [0.717, 1.165) is 5.69 Å². The lowest BCUT2D eigenvalue weighted by atomic mass is 10.2. The molecule has 1 rings (SSSR count). The Hall–Kier alpha value is -0.800. The summed E-state index contributed by atoms with van der Waals surface area (Å²) >= 11 is 0. The molecule has 1 aromatic heterocycles. The van der Waals surface area contributed by atoms with E-state index in [1.807, 2.05) is 29.9 Å². The molecule has 1 heterocycles. The molecule has 10 heavy (non-hydrogen) atoms. The summed E-state index contributed by atoms with van der Waals surface area (Å²) in [7, 11) is 1.88. The van der Waals surface area contributed by atoms with Crippen molar-refractivity contribution in [2.45, 2.75) is 6.10 Å². The van der Waals surface area contributed by atoms with E-state index in [4.69, 9.17) is 5.73 Å². The smallest absolute Gasteiger partial charge is 0.106 e. The van der Waals surface area contributed by atoms with E-state index < -0.39 is 6.10 Å². The van der Waals surface area contributed by atoms with Crippen LogP contribution in [0.2, 0.25) is 0 Å². The van der Waals surface area contributed by atoms with Crippen molar-refractivity contribution in [3.8, 4) is 0 Å². The fourth-order valence-electron chi connectivity index (χ4n) is 0.941. The molecule has 0 aromatic carbocycles. The van der Waals surface area contributed by atoms with E-state index in [1.165, 1.54) is 0 Å². The molecular formula is C7H12N2O. The van der Waals surface area contributed by atoms with Gasteiger partial charge in [0.2, 0.25) is 0 Å². The molecule has 0 saturated carbocycles. The highest BCUT2D eigenvalue weighted by molar-refractivity contribution is 5.09. The zero-order valence-corrected chi connectivity index (χ0v) is 5.99. The van der Waals surface area contributed by atoms with Crippen LogP contribution in [-0.2, 0) is 7.05 Å². The summed E-state index contributed by atoms with van der Waals surface area (Å²) in [6, 6.07) is 3.74. The average Bonchev–Trinajstić information content (AvgIpc) is 2.34. The minimum absolute atomic E-state index is 0.276. The van der Waals surface area contributed by atoms with Gasteiger partial charge in [0.25, 0.3) is 0 Å². The Bertz CT molecular complexity index is 207. The SMILES string of the molecule is Cn1cccc1C(O)CN. The lowest BCUT2D eigenvalue weighted by Crippen LogP contribution is -2.14. The minimum atomic E-state index is -0.528. The Labute approximate surface area is 60.1 Å². The van der Waals surface area contributed by atoms with Crippen molar-refractivity contribution in [3.63, 3.8) is 0 Å². The topological polar surface area (TPSA) is 51.2 Å². The largest absolute Gasteiger partial charge is 0.386 e. The third kappa shape index (κ3) is 1.20. The van der Waals surface area contributed by atoms with Crippen LogP contribution >= 0.6 is 0 Å². The second-order valence-electron chi connectivity index (χ2n) is 2.30. The fourth-order valence-corrected chi connectivity index (χ4v) is 0.941. The molecule has 0 amide bonds. The van der Waals surface area contributed by atoms with Crippen LogP contribution in [0.3, 0.4) is 0 Å². The number of hydrogen-bond acceptors (Lipinski definition) is 2. The normalized spacial score (nSPS) is 13.5. The molecule has 0 fully saturated rings. The van der Waals surface area contributed by atoms with E-state index in [2.05, 4.69) is 0 Å². The number of hydrogen-bond donors (Lipinski definition) is 2.